The van der Waals surface area contributed by atoms with Gasteiger partial charge in [0.1, 0.15) is 11.6 Å². The molecule has 1 aliphatic rings. The van der Waals surface area contributed by atoms with Gasteiger partial charge in [-0.15, -0.1) is 0 Å². The molecule has 1 aliphatic heterocycles. The van der Waals surface area contributed by atoms with E-state index >= 15 is 0 Å². The van der Waals surface area contributed by atoms with E-state index in [1.807, 2.05) is 12.1 Å². The van der Waals surface area contributed by atoms with Crippen molar-refractivity contribution in [2.24, 2.45) is 0 Å². The molecule has 110 valence electrons. The molecular formula is C15H12BrF2NO2. The third-order valence-corrected chi connectivity index (χ3v) is 3.74. The van der Waals surface area contributed by atoms with Crippen molar-refractivity contribution in [3.63, 3.8) is 0 Å². The lowest BCUT2D eigenvalue weighted by Crippen LogP contribution is -2.13. The van der Waals surface area contributed by atoms with Crippen LogP contribution in [0.3, 0.4) is 0 Å². The Morgan fingerprint density at radius 1 is 1.10 bits per heavy atom. The number of halogens is 3. The summed E-state index contributed by atoms with van der Waals surface area (Å²) in [7, 11) is 0. The third kappa shape index (κ3) is 3.16. The lowest BCUT2D eigenvalue weighted by Gasteiger charge is -2.08. The smallest absolute Gasteiger partial charge is 0.231 e. The highest BCUT2D eigenvalue weighted by Crippen LogP contribution is 2.39. The zero-order chi connectivity index (χ0) is 14.8. The lowest BCUT2D eigenvalue weighted by atomic mass is 10.1. The molecule has 2 aromatic carbocycles. The maximum atomic E-state index is 13.5. The van der Waals surface area contributed by atoms with Crippen LogP contribution in [-0.2, 0) is 13.1 Å². The van der Waals surface area contributed by atoms with Gasteiger partial charge in [-0.25, -0.2) is 8.78 Å². The predicted octanol–water partition coefficient (Wildman–Crippen LogP) is 3.75. The summed E-state index contributed by atoms with van der Waals surface area (Å²) < 4.78 is 37.8. The SMILES string of the molecule is Fc1ccc(CNCc2cc(Br)c3c(c2)OCO3)c(F)c1. The van der Waals surface area contributed by atoms with Crippen molar-refractivity contribution in [1.29, 1.82) is 0 Å². The Hall–Kier alpha value is -1.66. The molecule has 21 heavy (non-hydrogen) atoms. The highest BCUT2D eigenvalue weighted by molar-refractivity contribution is 9.10. The first-order chi connectivity index (χ1) is 10.1. The maximum Gasteiger partial charge on any atom is 0.231 e. The monoisotopic (exact) mass is 355 g/mol. The van der Waals surface area contributed by atoms with Crippen LogP contribution in [0, 0.1) is 11.6 Å². The highest BCUT2D eigenvalue weighted by atomic mass is 79.9. The van der Waals surface area contributed by atoms with Gasteiger partial charge in [0.05, 0.1) is 4.47 Å². The zero-order valence-electron chi connectivity index (χ0n) is 11.0. The van der Waals surface area contributed by atoms with Gasteiger partial charge in [-0.1, -0.05) is 6.07 Å². The van der Waals surface area contributed by atoms with Crippen LogP contribution >= 0.6 is 15.9 Å². The molecule has 1 N–H and O–H groups in total. The van der Waals surface area contributed by atoms with E-state index in [0.717, 1.165) is 16.1 Å². The summed E-state index contributed by atoms with van der Waals surface area (Å²) in [4.78, 5) is 0. The van der Waals surface area contributed by atoms with Crippen molar-refractivity contribution >= 4 is 15.9 Å². The first-order valence-electron chi connectivity index (χ1n) is 6.36. The first-order valence-corrected chi connectivity index (χ1v) is 7.15. The fourth-order valence-electron chi connectivity index (χ4n) is 2.13. The van der Waals surface area contributed by atoms with Crippen LogP contribution in [0.5, 0.6) is 11.5 Å². The molecule has 0 spiro atoms. The van der Waals surface area contributed by atoms with Crippen molar-refractivity contribution in [2.75, 3.05) is 6.79 Å². The molecular weight excluding hydrogens is 344 g/mol. The van der Waals surface area contributed by atoms with Crippen molar-refractivity contribution in [2.45, 2.75) is 13.1 Å². The van der Waals surface area contributed by atoms with E-state index in [1.165, 1.54) is 12.1 Å². The van der Waals surface area contributed by atoms with Gasteiger partial charge in [0.2, 0.25) is 6.79 Å². The van der Waals surface area contributed by atoms with Crippen LogP contribution in [-0.4, -0.2) is 6.79 Å². The summed E-state index contributed by atoms with van der Waals surface area (Å²) in [6, 6.07) is 7.36. The summed E-state index contributed by atoms with van der Waals surface area (Å²) in [5, 5.41) is 3.12. The second-order valence-electron chi connectivity index (χ2n) is 4.65. The Balaban J connectivity index is 1.64. The minimum Gasteiger partial charge on any atom is -0.454 e. The number of nitrogens with one attached hydrogen (secondary N) is 1. The predicted molar refractivity (Wildman–Crippen MR) is 77.2 cm³/mol. The number of hydrogen-bond donors (Lipinski definition) is 1. The second-order valence-corrected chi connectivity index (χ2v) is 5.51. The van der Waals surface area contributed by atoms with Gasteiger partial charge in [0, 0.05) is 24.7 Å². The number of benzene rings is 2. The van der Waals surface area contributed by atoms with E-state index in [0.29, 0.717) is 30.2 Å². The molecule has 0 saturated carbocycles. The number of fused-ring (bicyclic) bond motifs is 1. The zero-order valence-corrected chi connectivity index (χ0v) is 12.5. The normalized spacial score (nSPS) is 12.7. The van der Waals surface area contributed by atoms with E-state index in [2.05, 4.69) is 21.2 Å². The quantitative estimate of drug-likeness (QED) is 0.905. The van der Waals surface area contributed by atoms with E-state index in [4.69, 9.17) is 9.47 Å². The van der Waals surface area contributed by atoms with Crippen molar-refractivity contribution < 1.29 is 18.3 Å². The first kappa shape index (κ1) is 14.3. The van der Waals surface area contributed by atoms with E-state index in [9.17, 15) is 8.78 Å². The van der Waals surface area contributed by atoms with Crippen LogP contribution in [0.15, 0.2) is 34.8 Å². The van der Waals surface area contributed by atoms with Gasteiger partial charge in [-0.3, -0.25) is 0 Å². The number of rotatable bonds is 4. The van der Waals surface area contributed by atoms with Crippen molar-refractivity contribution in [1.82, 2.24) is 5.32 Å². The molecule has 6 heteroatoms. The molecule has 0 amide bonds. The molecule has 0 aliphatic carbocycles. The van der Waals surface area contributed by atoms with Crippen LogP contribution < -0.4 is 14.8 Å². The highest BCUT2D eigenvalue weighted by Gasteiger charge is 2.17. The molecule has 0 radical (unpaired) electrons. The molecule has 3 nitrogen and oxygen atoms in total. The van der Waals surface area contributed by atoms with Crippen LogP contribution in [0.1, 0.15) is 11.1 Å². The topological polar surface area (TPSA) is 30.5 Å². The molecule has 0 aromatic heterocycles. The summed E-state index contributed by atoms with van der Waals surface area (Å²) >= 11 is 3.42. The molecule has 0 atom stereocenters. The summed E-state index contributed by atoms with van der Waals surface area (Å²) in [5.74, 6) is 0.266. The molecule has 3 rings (SSSR count). The van der Waals surface area contributed by atoms with E-state index < -0.39 is 11.6 Å². The van der Waals surface area contributed by atoms with Gasteiger partial charge >= 0.3 is 0 Å². The maximum absolute atomic E-state index is 13.5. The van der Waals surface area contributed by atoms with Gasteiger partial charge < -0.3 is 14.8 Å². The Labute approximate surface area is 129 Å². The fourth-order valence-corrected chi connectivity index (χ4v) is 2.73. The number of ether oxygens (including phenoxy) is 2. The van der Waals surface area contributed by atoms with Crippen LogP contribution in [0.4, 0.5) is 8.78 Å². The summed E-state index contributed by atoms with van der Waals surface area (Å²) in [5.41, 5.74) is 1.41. The number of hydrogen-bond acceptors (Lipinski definition) is 3. The Kier molecular flexibility index (Phi) is 4.07. The molecule has 0 bridgehead atoms. The van der Waals surface area contributed by atoms with Crippen LogP contribution in [0.2, 0.25) is 0 Å². The Morgan fingerprint density at radius 2 is 1.95 bits per heavy atom. The average molecular weight is 356 g/mol. The van der Waals surface area contributed by atoms with Gasteiger partial charge in [-0.05, 0) is 39.7 Å². The van der Waals surface area contributed by atoms with Gasteiger partial charge in [0.25, 0.3) is 0 Å². The molecule has 0 unspecified atom stereocenters. The van der Waals surface area contributed by atoms with Crippen LogP contribution in [0.25, 0.3) is 0 Å². The summed E-state index contributed by atoms with van der Waals surface area (Å²) in [6.45, 7) is 1.07. The van der Waals surface area contributed by atoms with Gasteiger partial charge in [0.15, 0.2) is 11.5 Å². The molecule has 0 fully saturated rings. The molecule has 0 saturated heterocycles. The third-order valence-electron chi connectivity index (χ3n) is 3.15. The van der Waals surface area contributed by atoms with Crippen molar-refractivity contribution in [3.05, 3.63) is 57.6 Å². The van der Waals surface area contributed by atoms with Gasteiger partial charge in [-0.2, -0.15) is 0 Å². The standard InChI is InChI=1S/C15H12BrF2NO2/c16-12-3-9(4-14-15(12)21-8-20-14)6-19-7-10-1-2-11(17)5-13(10)18/h1-5,19H,6-8H2. The molecule has 1 heterocycles. The fraction of sp³-hybridized carbons (Fsp3) is 0.200. The largest absolute Gasteiger partial charge is 0.454 e. The lowest BCUT2D eigenvalue weighted by molar-refractivity contribution is 0.173. The molecule has 2 aromatic rings. The minimum atomic E-state index is -0.573. The Morgan fingerprint density at radius 3 is 2.76 bits per heavy atom. The van der Waals surface area contributed by atoms with E-state index in [1.54, 1.807) is 0 Å². The second kappa shape index (κ2) is 5.99. The van der Waals surface area contributed by atoms with Crippen molar-refractivity contribution in [3.8, 4) is 11.5 Å². The average Bonchev–Trinajstić information content (AvgIpc) is 2.90. The summed E-state index contributed by atoms with van der Waals surface area (Å²) in [6.07, 6.45) is 0. The minimum absolute atomic E-state index is 0.214. The Bertz CT molecular complexity index is 679. The van der Waals surface area contributed by atoms with E-state index in [-0.39, 0.29) is 6.79 Å².